The molecule has 3 nitrogen and oxygen atoms in total. The van der Waals surface area contributed by atoms with E-state index in [1.54, 1.807) is 0 Å². The van der Waals surface area contributed by atoms with Crippen molar-refractivity contribution < 1.29 is 9.23 Å². The van der Waals surface area contributed by atoms with Gasteiger partial charge >= 0.3 is 0 Å². The summed E-state index contributed by atoms with van der Waals surface area (Å²) in [5, 5.41) is 3.41. The number of rotatable bonds is 4. The summed E-state index contributed by atoms with van der Waals surface area (Å²) in [4.78, 5) is 5.35. The first-order valence-corrected chi connectivity index (χ1v) is 6.39. The molecule has 0 radical (unpaired) electrons. The van der Waals surface area contributed by atoms with Gasteiger partial charge in [-0.1, -0.05) is 6.58 Å². The summed E-state index contributed by atoms with van der Waals surface area (Å²) < 4.78 is 13.0. The zero-order chi connectivity index (χ0) is 12.1. The van der Waals surface area contributed by atoms with Crippen LogP contribution in [0, 0.1) is 5.92 Å². The minimum atomic E-state index is -0.309. The van der Waals surface area contributed by atoms with Crippen molar-refractivity contribution in [3.05, 3.63) is 24.6 Å². The van der Waals surface area contributed by atoms with Gasteiger partial charge in [-0.15, -0.1) is 0 Å². The lowest BCUT2D eigenvalue weighted by Crippen LogP contribution is -2.34. The molecule has 0 saturated carbocycles. The number of nitrogens with one attached hydrogen (secondary N) is 2. The third-order valence-electron chi connectivity index (χ3n) is 3.46. The highest BCUT2D eigenvalue weighted by Crippen LogP contribution is 2.23. The molecule has 2 fully saturated rings. The van der Waals surface area contributed by atoms with E-state index in [0.717, 1.165) is 31.8 Å². The smallest absolute Gasteiger partial charge is 0.121 e. The Kier molecular flexibility index (Phi) is 4.71. The molecule has 0 amide bonds. The molecule has 0 aromatic carbocycles. The van der Waals surface area contributed by atoms with E-state index < -0.39 is 0 Å². The molecule has 3 atom stereocenters. The molecule has 17 heavy (non-hydrogen) atoms. The predicted octanol–water partition coefficient (Wildman–Crippen LogP) is 2.08. The quantitative estimate of drug-likeness (QED) is 0.738. The van der Waals surface area contributed by atoms with Crippen molar-refractivity contribution in [2.75, 3.05) is 13.1 Å². The van der Waals surface area contributed by atoms with Crippen LogP contribution in [-0.4, -0.2) is 25.2 Å². The van der Waals surface area contributed by atoms with Crippen LogP contribution in [0.5, 0.6) is 0 Å². The lowest BCUT2D eigenvalue weighted by atomic mass is 9.91. The first-order valence-electron chi connectivity index (χ1n) is 6.39. The second-order valence-corrected chi connectivity index (χ2v) is 4.91. The van der Waals surface area contributed by atoms with Gasteiger partial charge < -0.3 is 5.32 Å². The molecule has 4 heteroatoms. The van der Waals surface area contributed by atoms with Crippen molar-refractivity contribution in [3.63, 3.8) is 0 Å². The van der Waals surface area contributed by atoms with Gasteiger partial charge in [0.15, 0.2) is 0 Å². The van der Waals surface area contributed by atoms with E-state index >= 15 is 0 Å². The predicted molar refractivity (Wildman–Crippen MR) is 66.0 cm³/mol. The lowest BCUT2D eigenvalue weighted by Gasteiger charge is -2.24. The Bertz CT molecular complexity index is 287. The molecule has 2 heterocycles. The number of hydrogen-bond donors (Lipinski definition) is 2. The molecular weight excluding hydrogens is 219 g/mol. The standard InChI is InChI=1S/C13H21FN2O/c1-2-11(14)7-13-8-12(16-17-13)6-10-4-3-5-15-9-10/h2,7,10,12-13,15-16H,1,3-6,8-9H2/b11-7+/t10-,12?,13?/m1/s1. The Morgan fingerprint density at radius 2 is 2.41 bits per heavy atom. The average molecular weight is 240 g/mol. The molecule has 0 bridgehead atoms. The number of hydrogen-bond acceptors (Lipinski definition) is 3. The van der Waals surface area contributed by atoms with E-state index in [-0.39, 0.29) is 11.9 Å². The van der Waals surface area contributed by atoms with Gasteiger partial charge in [-0.25, -0.2) is 4.39 Å². The van der Waals surface area contributed by atoms with Gasteiger partial charge in [-0.3, -0.25) is 4.84 Å². The van der Waals surface area contributed by atoms with E-state index in [9.17, 15) is 4.39 Å². The van der Waals surface area contributed by atoms with Gasteiger partial charge in [-0.05, 0) is 56.8 Å². The Hall–Kier alpha value is -0.710. The first-order chi connectivity index (χ1) is 8.28. The van der Waals surface area contributed by atoms with Crippen LogP contribution in [0.15, 0.2) is 24.6 Å². The molecule has 2 rings (SSSR count). The summed E-state index contributed by atoms with van der Waals surface area (Å²) in [6.07, 6.45) is 7.03. The molecular formula is C13H21FN2O. The number of halogens is 1. The minimum Gasteiger partial charge on any atom is -0.316 e. The van der Waals surface area contributed by atoms with Crippen LogP contribution in [0.2, 0.25) is 0 Å². The summed E-state index contributed by atoms with van der Waals surface area (Å²) in [7, 11) is 0. The highest BCUT2D eigenvalue weighted by atomic mass is 19.1. The third-order valence-corrected chi connectivity index (χ3v) is 3.46. The zero-order valence-corrected chi connectivity index (χ0v) is 10.1. The second-order valence-electron chi connectivity index (χ2n) is 4.91. The Labute approximate surface area is 102 Å². The summed E-state index contributed by atoms with van der Waals surface area (Å²) in [6, 6.07) is 0.346. The highest BCUT2D eigenvalue weighted by molar-refractivity contribution is 5.10. The molecule has 0 aromatic heterocycles. The molecule has 2 aliphatic rings. The van der Waals surface area contributed by atoms with Crippen LogP contribution < -0.4 is 10.8 Å². The maximum Gasteiger partial charge on any atom is 0.121 e. The number of piperidine rings is 1. The maximum absolute atomic E-state index is 13.0. The minimum absolute atomic E-state index is 0.158. The summed E-state index contributed by atoms with van der Waals surface area (Å²) in [5.41, 5.74) is 3.01. The molecule has 2 saturated heterocycles. The number of hydroxylamine groups is 1. The van der Waals surface area contributed by atoms with Gasteiger partial charge in [-0.2, -0.15) is 5.48 Å². The van der Waals surface area contributed by atoms with Crippen LogP contribution in [0.25, 0.3) is 0 Å². The summed E-state index contributed by atoms with van der Waals surface area (Å²) in [6.45, 7) is 5.62. The Morgan fingerprint density at radius 1 is 1.53 bits per heavy atom. The second kappa shape index (κ2) is 6.28. The normalized spacial score (nSPS) is 34.9. The Morgan fingerprint density at radius 3 is 3.12 bits per heavy atom. The average Bonchev–Trinajstić information content (AvgIpc) is 2.77. The van der Waals surface area contributed by atoms with Crippen LogP contribution in [0.1, 0.15) is 25.7 Å². The van der Waals surface area contributed by atoms with E-state index in [1.165, 1.54) is 25.0 Å². The van der Waals surface area contributed by atoms with Crippen molar-refractivity contribution in [1.82, 2.24) is 10.8 Å². The highest BCUT2D eigenvalue weighted by Gasteiger charge is 2.27. The molecule has 2 aliphatic heterocycles. The Balaban J connectivity index is 1.75. The van der Waals surface area contributed by atoms with Gasteiger partial charge in [0.1, 0.15) is 11.9 Å². The molecule has 96 valence electrons. The lowest BCUT2D eigenvalue weighted by molar-refractivity contribution is 0.0468. The van der Waals surface area contributed by atoms with Gasteiger partial charge in [0, 0.05) is 6.04 Å². The maximum atomic E-state index is 13.0. The van der Waals surface area contributed by atoms with Gasteiger partial charge in [0.25, 0.3) is 0 Å². The zero-order valence-electron chi connectivity index (χ0n) is 10.1. The SMILES string of the molecule is C=C/C(F)=C\C1CC(C[C@H]2CCCNC2)NO1. The van der Waals surface area contributed by atoms with Crippen molar-refractivity contribution in [2.45, 2.75) is 37.8 Å². The first kappa shape index (κ1) is 12.7. The molecule has 2 unspecified atom stereocenters. The number of allylic oxidation sites excluding steroid dienone is 2. The third kappa shape index (κ3) is 3.91. The molecule has 0 aromatic rings. The van der Waals surface area contributed by atoms with Gasteiger partial charge in [0.2, 0.25) is 0 Å². The fraction of sp³-hybridized carbons (Fsp3) is 0.692. The molecule has 0 spiro atoms. The van der Waals surface area contributed by atoms with E-state index in [1.807, 2.05) is 0 Å². The van der Waals surface area contributed by atoms with Crippen LogP contribution in [-0.2, 0) is 4.84 Å². The fourth-order valence-corrected chi connectivity index (χ4v) is 2.58. The van der Waals surface area contributed by atoms with Crippen molar-refractivity contribution in [3.8, 4) is 0 Å². The van der Waals surface area contributed by atoms with Crippen molar-refractivity contribution in [1.29, 1.82) is 0 Å². The van der Waals surface area contributed by atoms with Crippen molar-refractivity contribution >= 4 is 0 Å². The summed E-state index contributed by atoms with van der Waals surface area (Å²) >= 11 is 0. The summed E-state index contributed by atoms with van der Waals surface area (Å²) in [5.74, 6) is 0.411. The largest absolute Gasteiger partial charge is 0.316 e. The molecule has 2 N–H and O–H groups in total. The van der Waals surface area contributed by atoms with E-state index in [0.29, 0.717) is 6.04 Å². The monoisotopic (exact) mass is 240 g/mol. The molecule has 0 aliphatic carbocycles. The topological polar surface area (TPSA) is 33.3 Å². The van der Waals surface area contributed by atoms with Crippen LogP contribution in [0.3, 0.4) is 0 Å². The fourth-order valence-electron chi connectivity index (χ4n) is 2.58. The van der Waals surface area contributed by atoms with Crippen LogP contribution in [0.4, 0.5) is 4.39 Å². The van der Waals surface area contributed by atoms with E-state index in [2.05, 4.69) is 17.4 Å². The van der Waals surface area contributed by atoms with Gasteiger partial charge in [0.05, 0.1) is 0 Å². The van der Waals surface area contributed by atoms with Crippen LogP contribution >= 0.6 is 0 Å². The van der Waals surface area contributed by atoms with Crippen molar-refractivity contribution in [2.24, 2.45) is 5.92 Å². The van der Waals surface area contributed by atoms with E-state index in [4.69, 9.17) is 4.84 Å².